The predicted molar refractivity (Wildman–Crippen MR) is 107 cm³/mol. The molecule has 9 nitrogen and oxygen atoms in total. The average Bonchev–Trinajstić information content (AvgIpc) is 3.06. The highest BCUT2D eigenvalue weighted by Gasteiger charge is 2.20. The van der Waals surface area contributed by atoms with Crippen LogP contribution < -0.4 is 4.90 Å². The number of carbonyl (C=O) groups is 1. The highest BCUT2D eigenvalue weighted by molar-refractivity contribution is 5.76. The lowest BCUT2D eigenvalue weighted by atomic mass is 10.1. The van der Waals surface area contributed by atoms with Crippen LogP contribution >= 0.6 is 0 Å². The topological polar surface area (TPSA) is 85.6 Å². The summed E-state index contributed by atoms with van der Waals surface area (Å²) in [6.07, 6.45) is 1.15. The molecule has 0 N–H and O–H groups in total. The van der Waals surface area contributed by atoms with E-state index in [-0.39, 0.29) is 5.91 Å². The van der Waals surface area contributed by atoms with Gasteiger partial charge in [-0.15, -0.1) is 10.2 Å². The molecule has 0 unspecified atom stereocenters. The zero-order chi connectivity index (χ0) is 20.2. The van der Waals surface area contributed by atoms with Gasteiger partial charge in [-0.2, -0.15) is 5.10 Å². The minimum Gasteiger partial charge on any atom is -0.378 e. The Labute approximate surface area is 170 Å². The lowest BCUT2D eigenvalue weighted by Crippen LogP contribution is -2.40. The van der Waals surface area contributed by atoms with Crippen molar-refractivity contribution < 1.29 is 14.3 Å². The van der Waals surface area contributed by atoms with Crippen molar-refractivity contribution in [2.75, 3.05) is 57.5 Å². The van der Waals surface area contributed by atoms with Crippen molar-refractivity contribution in [1.29, 1.82) is 0 Å². The van der Waals surface area contributed by atoms with Gasteiger partial charge < -0.3 is 19.3 Å². The normalized spacial score (nSPS) is 17.6. The van der Waals surface area contributed by atoms with Crippen LogP contribution in [0.1, 0.15) is 23.4 Å². The molecular weight excluding hydrogens is 372 g/mol. The molecular formula is C20H28N6O3. The van der Waals surface area contributed by atoms with Gasteiger partial charge in [-0.3, -0.25) is 4.79 Å². The molecule has 0 radical (unpaired) electrons. The summed E-state index contributed by atoms with van der Waals surface area (Å²) in [7, 11) is 0. The second-order valence-electron chi connectivity index (χ2n) is 7.40. The quantitative estimate of drug-likeness (QED) is 0.737. The summed E-state index contributed by atoms with van der Waals surface area (Å²) in [5, 5.41) is 13.4. The van der Waals surface area contributed by atoms with Crippen LogP contribution in [0.4, 0.5) is 5.82 Å². The van der Waals surface area contributed by atoms with Crippen molar-refractivity contribution in [2.24, 2.45) is 0 Å². The van der Waals surface area contributed by atoms with Gasteiger partial charge in [0.15, 0.2) is 11.6 Å². The van der Waals surface area contributed by atoms with Crippen molar-refractivity contribution in [3.8, 4) is 5.82 Å². The standard InChI is InChI=1S/C20H28N6O3/c1-15-17(3-6-20(27)25-9-13-29-14-10-25)16(2)26(23-15)19-5-4-18(21-22-19)24-7-11-28-12-8-24/h4-5H,3,6-14H2,1-2H3. The van der Waals surface area contributed by atoms with Gasteiger partial charge in [0.1, 0.15) is 0 Å². The molecule has 2 aromatic heterocycles. The van der Waals surface area contributed by atoms with Crippen LogP contribution in [0.15, 0.2) is 12.1 Å². The third kappa shape index (κ3) is 4.40. The summed E-state index contributed by atoms with van der Waals surface area (Å²) in [4.78, 5) is 16.5. The van der Waals surface area contributed by atoms with E-state index in [0.717, 1.165) is 35.9 Å². The molecule has 2 fully saturated rings. The van der Waals surface area contributed by atoms with Crippen LogP contribution in [0.25, 0.3) is 5.82 Å². The zero-order valence-corrected chi connectivity index (χ0v) is 17.1. The van der Waals surface area contributed by atoms with E-state index in [9.17, 15) is 4.79 Å². The lowest BCUT2D eigenvalue weighted by Gasteiger charge is -2.27. The Morgan fingerprint density at radius 2 is 1.59 bits per heavy atom. The fourth-order valence-corrected chi connectivity index (χ4v) is 3.85. The maximum Gasteiger partial charge on any atom is 0.223 e. The molecule has 0 saturated carbocycles. The summed E-state index contributed by atoms with van der Waals surface area (Å²) in [5.74, 6) is 1.72. The fourth-order valence-electron chi connectivity index (χ4n) is 3.85. The van der Waals surface area contributed by atoms with E-state index in [4.69, 9.17) is 9.47 Å². The minimum atomic E-state index is 0.175. The van der Waals surface area contributed by atoms with E-state index in [1.165, 1.54) is 0 Å². The van der Waals surface area contributed by atoms with E-state index in [2.05, 4.69) is 20.2 Å². The highest BCUT2D eigenvalue weighted by Crippen LogP contribution is 2.20. The van der Waals surface area contributed by atoms with Crippen LogP contribution in [0.3, 0.4) is 0 Å². The van der Waals surface area contributed by atoms with E-state index < -0.39 is 0 Å². The fraction of sp³-hybridized carbons (Fsp3) is 0.600. The Balaban J connectivity index is 1.44. The molecule has 29 heavy (non-hydrogen) atoms. The number of rotatable bonds is 5. The monoisotopic (exact) mass is 400 g/mol. The van der Waals surface area contributed by atoms with Crippen molar-refractivity contribution in [3.63, 3.8) is 0 Å². The summed E-state index contributed by atoms with van der Waals surface area (Å²) in [6.45, 7) is 9.70. The number of hydrogen-bond acceptors (Lipinski definition) is 7. The number of anilines is 1. The zero-order valence-electron chi connectivity index (χ0n) is 17.1. The third-order valence-corrected chi connectivity index (χ3v) is 5.58. The van der Waals surface area contributed by atoms with Gasteiger partial charge in [0, 0.05) is 38.3 Å². The van der Waals surface area contributed by atoms with Gasteiger partial charge in [-0.05, 0) is 38.0 Å². The van der Waals surface area contributed by atoms with Crippen molar-refractivity contribution in [3.05, 3.63) is 29.1 Å². The smallest absolute Gasteiger partial charge is 0.223 e. The Bertz CT molecular complexity index is 839. The maximum absolute atomic E-state index is 12.5. The van der Waals surface area contributed by atoms with Gasteiger partial charge in [-0.25, -0.2) is 4.68 Å². The molecule has 2 aliphatic rings. The number of morpholine rings is 2. The molecule has 4 rings (SSSR count). The van der Waals surface area contributed by atoms with Crippen LogP contribution in [-0.2, 0) is 20.7 Å². The molecule has 2 aliphatic heterocycles. The van der Waals surface area contributed by atoms with Gasteiger partial charge in [-0.1, -0.05) is 0 Å². The van der Waals surface area contributed by atoms with Crippen molar-refractivity contribution in [2.45, 2.75) is 26.7 Å². The SMILES string of the molecule is Cc1nn(-c2ccc(N3CCOCC3)nn2)c(C)c1CCC(=O)N1CCOCC1. The molecule has 4 heterocycles. The Hall–Kier alpha value is -2.52. The number of ether oxygens (including phenoxy) is 2. The predicted octanol–water partition coefficient (Wildman–Crippen LogP) is 0.907. The molecule has 0 spiro atoms. The number of amides is 1. The second-order valence-corrected chi connectivity index (χ2v) is 7.40. The molecule has 156 valence electrons. The molecule has 0 aromatic carbocycles. The summed E-state index contributed by atoms with van der Waals surface area (Å²) in [6, 6.07) is 3.92. The number of carbonyl (C=O) groups excluding carboxylic acids is 1. The number of aryl methyl sites for hydroxylation is 1. The van der Waals surface area contributed by atoms with Crippen molar-refractivity contribution in [1.82, 2.24) is 24.9 Å². The van der Waals surface area contributed by atoms with E-state index in [0.29, 0.717) is 58.2 Å². The molecule has 0 bridgehead atoms. The molecule has 2 aromatic rings. The van der Waals surface area contributed by atoms with Gasteiger partial charge in [0.25, 0.3) is 0 Å². The van der Waals surface area contributed by atoms with Gasteiger partial charge in [0.05, 0.1) is 32.1 Å². The Morgan fingerprint density at radius 3 is 2.24 bits per heavy atom. The first-order chi connectivity index (χ1) is 14.1. The maximum atomic E-state index is 12.5. The molecule has 2 saturated heterocycles. The number of hydrogen-bond donors (Lipinski definition) is 0. The van der Waals surface area contributed by atoms with E-state index >= 15 is 0 Å². The Morgan fingerprint density at radius 1 is 0.966 bits per heavy atom. The van der Waals surface area contributed by atoms with Crippen LogP contribution in [0, 0.1) is 13.8 Å². The molecule has 0 atom stereocenters. The average molecular weight is 400 g/mol. The first-order valence-electron chi connectivity index (χ1n) is 10.2. The highest BCUT2D eigenvalue weighted by atomic mass is 16.5. The third-order valence-electron chi connectivity index (χ3n) is 5.58. The van der Waals surface area contributed by atoms with E-state index in [1.54, 1.807) is 0 Å². The first kappa shape index (κ1) is 19.8. The molecule has 9 heteroatoms. The molecule has 1 amide bonds. The van der Waals surface area contributed by atoms with Gasteiger partial charge >= 0.3 is 0 Å². The van der Waals surface area contributed by atoms with Crippen LogP contribution in [0.5, 0.6) is 0 Å². The summed E-state index contributed by atoms with van der Waals surface area (Å²) in [5.41, 5.74) is 3.03. The largest absolute Gasteiger partial charge is 0.378 e. The van der Waals surface area contributed by atoms with E-state index in [1.807, 2.05) is 35.6 Å². The van der Waals surface area contributed by atoms with Gasteiger partial charge in [0.2, 0.25) is 5.91 Å². The second kappa shape index (κ2) is 8.87. The van der Waals surface area contributed by atoms with Crippen LogP contribution in [-0.4, -0.2) is 83.4 Å². The number of nitrogens with zero attached hydrogens (tertiary/aromatic N) is 6. The Kier molecular flexibility index (Phi) is 6.05. The lowest BCUT2D eigenvalue weighted by molar-refractivity contribution is -0.135. The summed E-state index contributed by atoms with van der Waals surface area (Å²) >= 11 is 0. The first-order valence-corrected chi connectivity index (χ1v) is 10.2. The summed E-state index contributed by atoms with van der Waals surface area (Å²) < 4.78 is 12.5. The van der Waals surface area contributed by atoms with Crippen LogP contribution in [0.2, 0.25) is 0 Å². The molecule has 0 aliphatic carbocycles. The minimum absolute atomic E-state index is 0.175. The van der Waals surface area contributed by atoms with Crippen molar-refractivity contribution >= 4 is 11.7 Å². The number of aromatic nitrogens is 4.